The van der Waals surface area contributed by atoms with Crippen molar-refractivity contribution in [2.75, 3.05) is 6.54 Å². The van der Waals surface area contributed by atoms with Gasteiger partial charge in [-0.15, -0.1) is 0 Å². The van der Waals surface area contributed by atoms with Crippen molar-refractivity contribution in [3.05, 3.63) is 12.2 Å². The Balaban J connectivity index is 3.64. The first-order valence-electron chi connectivity index (χ1n) is 3.43. The van der Waals surface area contributed by atoms with Crippen molar-refractivity contribution in [1.29, 1.82) is 0 Å². The first-order chi connectivity index (χ1) is 6.02. The highest BCUT2D eigenvalue weighted by molar-refractivity contribution is 5.93. The van der Waals surface area contributed by atoms with Gasteiger partial charge in [-0.1, -0.05) is 0 Å². The predicted molar refractivity (Wildman–Crippen MR) is 42.0 cm³/mol. The first-order valence-corrected chi connectivity index (χ1v) is 3.43. The Morgan fingerprint density at radius 2 is 1.77 bits per heavy atom. The van der Waals surface area contributed by atoms with Crippen LogP contribution in [0, 0.1) is 0 Å². The number of rotatable bonds is 5. The third kappa shape index (κ3) is 8.05. The van der Waals surface area contributed by atoms with Crippen LogP contribution < -0.4 is 5.32 Å². The van der Waals surface area contributed by atoms with Crippen LogP contribution in [0.15, 0.2) is 12.2 Å². The molecule has 0 spiro atoms. The summed E-state index contributed by atoms with van der Waals surface area (Å²) in [7, 11) is 0. The molecular weight excluding hydrogens is 178 g/mol. The fraction of sp³-hybridized carbons (Fsp3) is 0.286. The van der Waals surface area contributed by atoms with Crippen LogP contribution in [-0.2, 0) is 14.4 Å². The Kier molecular flexibility index (Phi) is 4.94. The minimum atomic E-state index is -1.23. The Morgan fingerprint density at radius 1 is 1.15 bits per heavy atom. The molecule has 0 bridgehead atoms. The van der Waals surface area contributed by atoms with E-state index < -0.39 is 17.8 Å². The van der Waals surface area contributed by atoms with E-state index in [1.165, 1.54) is 0 Å². The summed E-state index contributed by atoms with van der Waals surface area (Å²) < 4.78 is 0. The summed E-state index contributed by atoms with van der Waals surface area (Å²) >= 11 is 0. The zero-order valence-electron chi connectivity index (χ0n) is 6.69. The molecule has 0 aromatic rings. The van der Waals surface area contributed by atoms with E-state index in [9.17, 15) is 14.4 Å². The van der Waals surface area contributed by atoms with E-state index in [1.807, 2.05) is 0 Å². The molecule has 72 valence electrons. The van der Waals surface area contributed by atoms with Gasteiger partial charge >= 0.3 is 11.9 Å². The number of carbonyl (C=O) groups excluding carboxylic acids is 1. The lowest BCUT2D eigenvalue weighted by molar-refractivity contribution is -0.137. The molecule has 1 amide bonds. The zero-order valence-corrected chi connectivity index (χ0v) is 6.69. The number of carbonyl (C=O) groups is 3. The van der Waals surface area contributed by atoms with E-state index >= 15 is 0 Å². The highest BCUT2D eigenvalue weighted by Crippen LogP contribution is 1.78. The Labute approximate surface area is 73.9 Å². The molecule has 0 saturated heterocycles. The normalized spacial score (nSPS) is 9.85. The van der Waals surface area contributed by atoms with Gasteiger partial charge < -0.3 is 15.5 Å². The van der Waals surface area contributed by atoms with Crippen molar-refractivity contribution in [1.82, 2.24) is 5.32 Å². The quantitative estimate of drug-likeness (QED) is 0.490. The molecule has 0 rings (SSSR count). The average molecular weight is 187 g/mol. The van der Waals surface area contributed by atoms with Gasteiger partial charge in [0.2, 0.25) is 5.91 Å². The molecule has 0 unspecified atom stereocenters. The summed E-state index contributed by atoms with van der Waals surface area (Å²) in [6, 6.07) is 0. The minimum Gasteiger partial charge on any atom is -0.481 e. The van der Waals surface area contributed by atoms with E-state index in [-0.39, 0.29) is 13.0 Å². The first kappa shape index (κ1) is 11.2. The number of nitrogens with one attached hydrogen (secondary N) is 1. The zero-order chi connectivity index (χ0) is 10.3. The molecule has 13 heavy (non-hydrogen) atoms. The molecule has 6 nitrogen and oxygen atoms in total. The molecule has 0 aliphatic rings. The van der Waals surface area contributed by atoms with Crippen LogP contribution in [0.3, 0.4) is 0 Å². The molecular formula is C7H9NO5. The van der Waals surface area contributed by atoms with Crippen LogP contribution in [-0.4, -0.2) is 34.6 Å². The maximum Gasteiger partial charge on any atom is 0.328 e. The topological polar surface area (TPSA) is 104 Å². The van der Waals surface area contributed by atoms with Crippen molar-refractivity contribution in [3.8, 4) is 0 Å². The van der Waals surface area contributed by atoms with Crippen LogP contribution in [0.1, 0.15) is 6.42 Å². The molecule has 0 fully saturated rings. The third-order valence-electron chi connectivity index (χ3n) is 1.02. The standard InChI is InChI=1S/C7H9NO5/c9-5(1-2-6(10)11)8-4-3-7(12)13/h1-2H,3-4H2,(H,8,9)(H,10,11)(H,12,13)/b2-1-. The van der Waals surface area contributed by atoms with Gasteiger partial charge in [-0.2, -0.15) is 0 Å². The van der Waals surface area contributed by atoms with Crippen LogP contribution in [0.25, 0.3) is 0 Å². The molecule has 3 N–H and O–H groups in total. The van der Waals surface area contributed by atoms with Crippen LogP contribution in [0.5, 0.6) is 0 Å². The van der Waals surface area contributed by atoms with Crippen LogP contribution in [0.2, 0.25) is 0 Å². The SMILES string of the molecule is O=C(O)/C=C\C(=O)NCCC(=O)O. The predicted octanol–water partition coefficient (Wildman–Crippen LogP) is -0.782. The van der Waals surface area contributed by atoms with Gasteiger partial charge in [0.05, 0.1) is 6.42 Å². The lowest BCUT2D eigenvalue weighted by atomic mass is 10.4. The van der Waals surface area contributed by atoms with E-state index in [0.717, 1.165) is 6.08 Å². The number of aliphatic carboxylic acids is 2. The van der Waals surface area contributed by atoms with Gasteiger partial charge in [0.1, 0.15) is 0 Å². The molecule has 6 heteroatoms. The molecule has 0 radical (unpaired) electrons. The summed E-state index contributed by atoms with van der Waals surface area (Å²) in [6.07, 6.45) is 1.31. The largest absolute Gasteiger partial charge is 0.481 e. The second-order valence-corrected chi connectivity index (χ2v) is 2.11. The van der Waals surface area contributed by atoms with E-state index in [2.05, 4.69) is 5.32 Å². The van der Waals surface area contributed by atoms with E-state index in [1.54, 1.807) is 0 Å². The number of amides is 1. The Morgan fingerprint density at radius 3 is 2.23 bits per heavy atom. The van der Waals surface area contributed by atoms with Gasteiger partial charge in [-0.05, 0) is 0 Å². The smallest absolute Gasteiger partial charge is 0.328 e. The third-order valence-corrected chi connectivity index (χ3v) is 1.02. The van der Waals surface area contributed by atoms with Gasteiger partial charge in [-0.25, -0.2) is 4.79 Å². The van der Waals surface area contributed by atoms with Crippen molar-refractivity contribution in [2.45, 2.75) is 6.42 Å². The second kappa shape index (κ2) is 5.76. The number of carboxylic acid groups (broad SMARTS) is 2. The summed E-state index contributed by atoms with van der Waals surface area (Å²) in [4.78, 5) is 30.6. The lowest BCUT2D eigenvalue weighted by Crippen LogP contribution is -2.24. The average Bonchev–Trinajstić information content (AvgIpc) is 2.00. The Bertz CT molecular complexity index is 245. The lowest BCUT2D eigenvalue weighted by Gasteiger charge is -1.96. The number of hydrogen-bond donors (Lipinski definition) is 3. The van der Waals surface area contributed by atoms with Gasteiger partial charge in [0.15, 0.2) is 0 Å². The highest BCUT2D eigenvalue weighted by Gasteiger charge is 1.98. The minimum absolute atomic E-state index is 0.0157. The van der Waals surface area contributed by atoms with Crippen LogP contribution >= 0.6 is 0 Å². The van der Waals surface area contributed by atoms with Gasteiger partial charge in [0.25, 0.3) is 0 Å². The summed E-state index contributed by atoms with van der Waals surface area (Å²) in [5.41, 5.74) is 0. The summed E-state index contributed by atoms with van der Waals surface area (Å²) in [5.74, 6) is -2.88. The molecule has 0 aromatic carbocycles. The van der Waals surface area contributed by atoms with E-state index in [0.29, 0.717) is 6.08 Å². The van der Waals surface area contributed by atoms with Crippen molar-refractivity contribution >= 4 is 17.8 Å². The second-order valence-electron chi connectivity index (χ2n) is 2.11. The fourth-order valence-corrected chi connectivity index (χ4v) is 0.499. The van der Waals surface area contributed by atoms with Gasteiger partial charge in [-0.3, -0.25) is 9.59 Å². The maximum absolute atomic E-state index is 10.7. The molecule has 0 atom stereocenters. The van der Waals surface area contributed by atoms with Crippen molar-refractivity contribution in [3.63, 3.8) is 0 Å². The fourth-order valence-electron chi connectivity index (χ4n) is 0.499. The highest BCUT2D eigenvalue weighted by atomic mass is 16.4. The molecule has 0 aromatic heterocycles. The number of hydrogen-bond acceptors (Lipinski definition) is 3. The van der Waals surface area contributed by atoms with Crippen molar-refractivity contribution in [2.24, 2.45) is 0 Å². The molecule has 0 aliphatic heterocycles. The molecule has 0 saturated carbocycles. The summed E-state index contributed by atoms with van der Waals surface area (Å²) in [5, 5.41) is 18.5. The summed E-state index contributed by atoms with van der Waals surface area (Å²) in [6.45, 7) is -0.0157. The molecule has 0 heterocycles. The number of carboxylic acids is 2. The molecule has 0 aliphatic carbocycles. The van der Waals surface area contributed by atoms with E-state index in [4.69, 9.17) is 10.2 Å². The Hall–Kier alpha value is -1.85. The maximum atomic E-state index is 10.7. The van der Waals surface area contributed by atoms with Gasteiger partial charge in [0, 0.05) is 18.7 Å². The van der Waals surface area contributed by atoms with Crippen LogP contribution in [0.4, 0.5) is 0 Å². The monoisotopic (exact) mass is 187 g/mol. The van der Waals surface area contributed by atoms with Crippen molar-refractivity contribution < 1.29 is 24.6 Å².